The average molecular weight is 328 g/mol. The smallest absolute Gasteiger partial charge is 0.254 e. The second-order valence-electron chi connectivity index (χ2n) is 6.78. The molecule has 0 saturated carbocycles. The Morgan fingerprint density at radius 3 is 2.75 bits per heavy atom. The Kier molecular flexibility index (Phi) is 4.66. The summed E-state index contributed by atoms with van der Waals surface area (Å²) >= 11 is 0. The maximum absolute atomic E-state index is 13.1. The SMILES string of the molecule is Cc1nnc(-c2cccc(C(=O)N3CCN(C)C[C@@H]3C(C)C)c2)o1. The van der Waals surface area contributed by atoms with Crippen molar-refractivity contribution >= 4 is 5.91 Å². The summed E-state index contributed by atoms with van der Waals surface area (Å²) in [5.41, 5.74) is 1.44. The van der Waals surface area contributed by atoms with Gasteiger partial charge in [-0.05, 0) is 31.2 Å². The molecule has 0 unspecified atom stereocenters. The van der Waals surface area contributed by atoms with Crippen LogP contribution in [0, 0.1) is 12.8 Å². The van der Waals surface area contributed by atoms with Crippen LogP contribution in [-0.2, 0) is 0 Å². The molecule has 0 aliphatic carbocycles. The first-order chi connectivity index (χ1) is 11.5. The van der Waals surface area contributed by atoms with Gasteiger partial charge < -0.3 is 14.2 Å². The average Bonchev–Trinajstić information content (AvgIpc) is 3.01. The molecule has 2 heterocycles. The molecule has 1 aliphatic heterocycles. The van der Waals surface area contributed by atoms with Crippen molar-refractivity contribution in [3.05, 3.63) is 35.7 Å². The summed E-state index contributed by atoms with van der Waals surface area (Å²) in [4.78, 5) is 17.3. The van der Waals surface area contributed by atoms with Crippen molar-refractivity contribution in [3.8, 4) is 11.5 Å². The summed E-state index contributed by atoms with van der Waals surface area (Å²) in [6, 6.07) is 7.66. The minimum Gasteiger partial charge on any atom is -0.421 e. The van der Waals surface area contributed by atoms with Gasteiger partial charge in [-0.15, -0.1) is 10.2 Å². The van der Waals surface area contributed by atoms with Gasteiger partial charge in [0.25, 0.3) is 5.91 Å². The zero-order valence-corrected chi connectivity index (χ0v) is 14.7. The first kappa shape index (κ1) is 16.6. The van der Waals surface area contributed by atoms with E-state index in [1.54, 1.807) is 6.92 Å². The molecule has 1 aromatic heterocycles. The fraction of sp³-hybridized carbons (Fsp3) is 0.500. The van der Waals surface area contributed by atoms with Gasteiger partial charge in [0.2, 0.25) is 11.8 Å². The topological polar surface area (TPSA) is 62.5 Å². The molecule has 1 aromatic carbocycles. The molecule has 0 bridgehead atoms. The fourth-order valence-electron chi connectivity index (χ4n) is 3.14. The van der Waals surface area contributed by atoms with E-state index in [0.29, 0.717) is 23.3 Å². The number of amides is 1. The van der Waals surface area contributed by atoms with Crippen LogP contribution in [0.2, 0.25) is 0 Å². The minimum atomic E-state index is 0.0693. The van der Waals surface area contributed by atoms with Gasteiger partial charge in [0, 0.05) is 43.7 Å². The van der Waals surface area contributed by atoms with Crippen LogP contribution in [-0.4, -0.2) is 58.6 Å². The number of aryl methyl sites for hydroxylation is 1. The van der Waals surface area contributed by atoms with Crippen LogP contribution in [0.3, 0.4) is 0 Å². The highest BCUT2D eigenvalue weighted by Gasteiger charge is 2.31. The summed E-state index contributed by atoms with van der Waals surface area (Å²) in [5, 5.41) is 7.89. The second kappa shape index (κ2) is 6.73. The Morgan fingerprint density at radius 2 is 2.08 bits per heavy atom. The van der Waals surface area contributed by atoms with Crippen LogP contribution in [0.4, 0.5) is 0 Å². The summed E-state index contributed by atoms with van der Waals surface area (Å²) in [5.74, 6) is 1.44. The van der Waals surface area contributed by atoms with Crippen molar-refractivity contribution in [2.45, 2.75) is 26.8 Å². The van der Waals surface area contributed by atoms with Gasteiger partial charge in [-0.3, -0.25) is 4.79 Å². The zero-order chi connectivity index (χ0) is 17.3. The highest BCUT2D eigenvalue weighted by atomic mass is 16.4. The quantitative estimate of drug-likeness (QED) is 0.866. The Labute approximate surface area is 142 Å². The Morgan fingerprint density at radius 1 is 1.29 bits per heavy atom. The molecular weight excluding hydrogens is 304 g/mol. The van der Waals surface area contributed by atoms with E-state index in [1.807, 2.05) is 29.2 Å². The van der Waals surface area contributed by atoms with Crippen molar-refractivity contribution in [2.75, 3.05) is 26.7 Å². The number of carbonyl (C=O) groups is 1. The molecule has 1 saturated heterocycles. The Bertz CT molecular complexity index is 725. The van der Waals surface area contributed by atoms with E-state index < -0.39 is 0 Å². The molecule has 1 atom stereocenters. The molecular formula is C18H24N4O2. The number of carbonyl (C=O) groups excluding carboxylic acids is 1. The molecule has 6 heteroatoms. The number of piperazine rings is 1. The maximum Gasteiger partial charge on any atom is 0.254 e. The molecule has 128 valence electrons. The number of likely N-dealkylation sites (N-methyl/N-ethyl adjacent to an activating group) is 1. The summed E-state index contributed by atoms with van der Waals surface area (Å²) in [6.45, 7) is 8.65. The predicted molar refractivity (Wildman–Crippen MR) is 91.6 cm³/mol. The third-order valence-electron chi connectivity index (χ3n) is 4.53. The minimum absolute atomic E-state index is 0.0693. The van der Waals surface area contributed by atoms with E-state index in [4.69, 9.17) is 4.42 Å². The van der Waals surface area contributed by atoms with Crippen molar-refractivity contribution in [1.82, 2.24) is 20.0 Å². The molecule has 0 radical (unpaired) electrons. The highest BCUT2D eigenvalue weighted by Crippen LogP contribution is 2.23. The molecule has 1 amide bonds. The Balaban J connectivity index is 1.86. The van der Waals surface area contributed by atoms with E-state index in [1.165, 1.54) is 0 Å². The van der Waals surface area contributed by atoms with E-state index in [9.17, 15) is 4.79 Å². The zero-order valence-electron chi connectivity index (χ0n) is 14.7. The number of aromatic nitrogens is 2. The first-order valence-corrected chi connectivity index (χ1v) is 8.35. The monoisotopic (exact) mass is 328 g/mol. The number of rotatable bonds is 3. The van der Waals surface area contributed by atoms with Gasteiger partial charge in [-0.1, -0.05) is 19.9 Å². The lowest BCUT2D eigenvalue weighted by Crippen LogP contribution is -2.56. The van der Waals surface area contributed by atoms with Crippen molar-refractivity contribution < 1.29 is 9.21 Å². The van der Waals surface area contributed by atoms with Gasteiger partial charge in [-0.2, -0.15) is 0 Å². The van der Waals surface area contributed by atoms with Gasteiger partial charge in [0.1, 0.15) is 0 Å². The second-order valence-corrected chi connectivity index (χ2v) is 6.78. The van der Waals surface area contributed by atoms with Gasteiger partial charge in [-0.25, -0.2) is 0 Å². The molecule has 6 nitrogen and oxygen atoms in total. The molecule has 2 aromatic rings. The third-order valence-corrected chi connectivity index (χ3v) is 4.53. The standard InChI is InChI=1S/C18H24N4O2/c1-12(2)16-11-21(4)8-9-22(16)18(23)15-7-5-6-14(10-15)17-20-19-13(3)24-17/h5-7,10,12,16H,8-9,11H2,1-4H3/t16-/m1/s1. The predicted octanol–water partition coefficient (Wildman–Crippen LogP) is 2.46. The number of benzene rings is 1. The molecule has 0 spiro atoms. The van der Waals surface area contributed by atoms with Crippen LogP contribution in [0.25, 0.3) is 11.5 Å². The van der Waals surface area contributed by atoms with Gasteiger partial charge in [0.15, 0.2) is 0 Å². The summed E-state index contributed by atoms with van der Waals surface area (Å²) in [7, 11) is 2.11. The number of hydrogen-bond donors (Lipinski definition) is 0. The van der Waals surface area contributed by atoms with Crippen molar-refractivity contribution in [3.63, 3.8) is 0 Å². The van der Waals surface area contributed by atoms with E-state index in [2.05, 4.69) is 36.0 Å². The van der Waals surface area contributed by atoms with Gasteiger partial charge >= 0.3 is 0 Å². The summed E-state index contributed by atoms with van der Waals surface area (Å²) in [6.07, 6.45) is 0. The normalized spacial score (nSPS) is 19.0. The van der Waals surface area contributed by atoms with Crippen molar-refractivity contribution in [1.29, 1.82) is 0 Å². The fourth-order valence-corrected chi connectivity index (χ4v) is 3.14. The van der Waals surface area contributed by atoms with Crippen LogP contribution in [0.1, 0.15) is 30.1 Å². The molecule has 24 heavy (non-hydrogen) atoms. The number of nitrogens with zero attached hydrogens (tertiary/aromatic N) is 4. The lowest BCUT2D eigenvalue weighted by Gasteiger charge is -2.42. The first-order valence-electron chi connectivity index (χ1n) is 8.35. The molecule has 1 aliphatic rings. The van der Waals surface area contributed by atoms with Crippen molar-refractivity contribution in [2.24, 2.45) is 5.92 Å². The lowest BCUT2D eigenvalue weighted by atomic mass is 9.98. The van der Waals surface area contributed by atoms with Crippen LogP contribution >= 0.6 is 0 Å². The van der Waals surface area contributed by atoms with Crippen LogP contribution in [0.15, 0.2) is 28.7 Å². The van der Waals surface area contributed by atoms with Crippen LogP contribution in [0.5, 0.6) is 0 Å². The third kappa shape index (κ3) is 3.33. The number of hydrogen-bond acceptors (Lipinski definition) is 5. The lowest BCUT2D eigenvalue weighted by molar-refractivity contribution is 0.0402. The Hall–Kier alpha value is -2.21. The maximum atomic E-state index is 13.1. The highest BCUT2D eigenvalue weighted by molar-refractivity contribution is 5.95. The van der Waals surface area contributed by atoms with Crippen LogP contribution < -0.4 is 0 Å². The molecule has 0 N–H and O–H groups in total. The largest absolute Gasteiger partial charge is 0.421 e. The molecule has 3 rings (SSSR count). The summed E-state index contributed by atoms with van der Waals surface area (Å²) < 4.78 is 5.47. The van der Waals surface area contributed by atoms with E-state index in [-0.39, 0.29) is 11.9 Å². The van der Waals surface area contributed by atoms with E-state index >= 15 is 0 Å². The van der Waals surface area contributed by atoms with Gasteiger partial charge in [0.05, 0.1) is 0 Å². The molecule has 1 fully saturated rings. The van der Waals surface area contributed by atoms with E-state index in [0.717, 1.165) is 25.2 Å².